The van der Waals surface area contributed by atoms with Crippen LogP contribution in [0.1, 0.15) is 13.3 Å². The van der Waals surface area contributed by atoms with E-state index in [4.69, 9.17) is 16.9 Å². The summed E-state index contributed by atoms with van der Waals surface area (Å²) in [6, 6.07) is 1.97. The molecule has 0 spiro atoms. The van der Waals surface area contributed by atoms with Crippen molar-refractivity contribution >= 4 is 11.6 Å². The first-order chi connectivity index (χ1) is 3.31. The highest BCUT2D eigenvalue weighted by atomic mass is 35.5. The summed E-state index contributed by atoms with van der Waals surface area (Å²) < 4.78 is 0. The Balaban J connectivity index is 3.43. The molecule has 0 saturated carbocycles. The molecule has 0 amide bonds. The highest BCUT2D eigenvalue weighted by Crippen LogP contribution is 1.97. The van der Waals surface area contributed by atoms with Gasteiger partial charge in [0.2, 0.25) is 0 Å². The third kappa shape index (κ3) is 3.35. The number of halogens is 1. The summed E-state index contributed by atoms with van der Waals surface area (Å²) >= 11 is 5.22. The minimum atomic E-state index is 0.434. The molecule has 0 aromatic carbocycles. The highest BCUT2D eigenvalue weighted by molar-refractivity contribution is 6.25. The van der Waals surface area contributed by atoms with Crippen LogP contribution in [0.2, 0.25) is 0 Å². The lowest BCUT2D eigenvalue weighted by molar-refractivity contribution is 1.22. The van der Waals surface area contributed by atoms with Crippen molar-refractivity contribution in [2.24, 2.45) is 0 Å². The smallest absolute Gasteiger partial charge is 0.0666 e. The van der Waals surface area contributed by atoms with Crippen molar-refractivity contribution in [2.45, 2.75) is 13.3 Å². The second-order valence-corrected chi connectivity index (χ2v) is 1.51. The zero-order chi connectivity index (χ0) is 5.70. The predicted octanol–water partition coefficient (Wildman–Crippen LogP) is 2.04. The van der Waals surface area contributed by atoms with E-state index in [0.29, 0.717) is 6.42 Å². The first-order valence-corrected chi connectivity index (χ1v) is 2.37. The Hall–Kier alpha value is -0.480. The van der Waals surface area contributed by atoms with Gasteiger partial charge in [-0.05, 0) is 12.5 Å². The van der Waals surface area contributed by atoms with Crippen LogP contribution in [0.3, 0.4) is 0 Å². The standard InChI is InChI=1S/C5H6ClN/c1-5(4-6)2-3-7/h4H,2H2,1H3. The van der Waals surface area contributed by atoms with Gasteiger partial charge in [-0.2, -0.15) is 5.26 Å². The van der Waals surface area contributed by atoms with Crippen molar-refractivity contribution in [1.29, 1.82) is 5.26 Å². The van der Waals surface area contributed by atoms with Crippen LogP contribution in [0.25, 0.3) is 0 Å². The Morgan fingerprint density at radius 1 is 2.00 bits per heavy atom. The number of hydrogen-bond donors (Lipinski definition) is 0. The normalized spacial score (nSPS) is 10.7. The van der Waals surface area contributed by atoms with Crippen LogP contribution >= 0.6 is 11.6 Å². The van der Waals surface area contributed by atoms with Gasteiger partial charge < -0.3 is 0 Å². The molecule has 0 N–H and O–H groups in total. The Kier molecular flexibility index (Phi) is 3.45. The Labute approximate surface area is 48.2 Å². The molecule has 1 nitrogen and oxygen atoms in total. The van der Waals surface area contributed by atoms with Crippen LogP contribution in [-0.4, -0.2) is 0 Å². The van der Waals surface area contributed by atoms with Gasteiger partial charge in [0, 0.05) is 5.54 Å². The molecule has 0 aliphatic carbocycles. The fourth-order valence-corrected chi connectivity index (χ4v) is 0.240. The molecule has 0 unspecified atom stereocenters. The van der Waals surface area contributed by atoms with Crippen molar-refractivity contribution in [2.75, 3.05) is 0 Å². The molecule has 0 bridgehead atoms. The molecule has 38 valence electrons. The maximum Gasteiger partial charge on any atom is 0.0666 e. The van der Waals surface area contributed by atoms with E-state index in [2.05, 4.69) is 0 Å². The fraction of sp³-hybridized carbons (Fsp3) is 0.400. The third-order valence-electron chi connectivity index (χ3n) is 0.544. The number of allylic oxidation sites excluding steroid dienone is 1. The molecule has 0 aromatic rings. The van der Waals surface area contributed by atoms with Crippen LogP contribution in [0.5, 0.6) is 0 Å². The highest BCUT2D eigenvalue weighted by Gasteiger charge is 1.80. The summed E-state index contributed by atoms with van der Waals surface area (Å²) in [5, 5.41) is 8.02. The quantitative estimate of drug-likeness (QED) is 0.513. The van der Waals surface area contributed by atoms with Crippen molar-refractivity contribution in [1.82, 2.24) is 0 Å². The van der Waals surface area contributed by atoms with Crippen molar-refractivity contribution in [3.8, 4) is 6.07 Å². The molecule has 0 saturated heterocycles. The van der Waals surface area contributed by atoms with Crippen LogP contribution < -0.4 is 0 Å². The molecule has 0 fully saturated rings. The maximum atomic E-state index is 8.02. The van der Waals surface area contributed by atoms with E-state index in [0.717, 1.165) is 5.57 Å². The van der Waals surface area contributed by atoms with Gasteiger partial charge in [-0.1, -0.05) is 11.6 Å². The largest absolute Gasteiger partial charge is 0.198 e. The van der Waals surface area contributed by atoms with Gasteiger partial charge in [-0.25, -0.2) is 0 Å². The van der Waals surface area contributed by atoms with E-state index in [1.807, 2.05) is 13.0 Å². The summed E-state index contributed by atoms with van der Waals surface area (Å²) in [5.41, 5.74) is 2.33. The van der Waals surface area contributed by atoms with E-state index in [9.17, 15) is 0 Å². The van der Waals surface area contributed by atoms with Crippen molar-refractivity contribution in [3.05, 3.63) is 11.1 Å². The second kappa shape index (κ2) is 3.70. The molecule has 0 heterocycles. The SMILES string of the molecule is CC(=CCl)CC#N. The Morgan fingerprint density at radius 3 is 2.71 bits per heavy atom. The maximum absolute atomic E-state index is 8.02. The summed E-state index contributed by atoms with van der Waals surface area (Å²) in [5.74, 6) is 0. The number of rotatable bonds is 1. The summed E-state index contributed by atoms with van der Waals surface area (Å²) in [7, 11) is 0. The van der Waals surface area contributed by atoms with Crippen molar-refractivity contribution in [3.63, 3.8) is 0 Å². The molecular weight excluding hydrogens is 110 g/mol. The molecular formula is C5H6ClN. The first kappa shape index (κ1) is 6.52. The number of hydrogen-bond acceptors (Lipinski definition) is 1. The zero-order valence-electron chi connectivity index (χ0n) is 4.11. The summed E-state index contributed by atoms with van der Waals surface area (Å²) in [6.45, 7) is 1.82. The second-order valence-electron chi connectivity index (χ2n) is 1.29. The lowest BCUT2D eigenvalue weighted by Crippen LogP contribution is -1.66. The van der Waals surface area contributed by atoms with Crippen LogP contribution in [0.15, 0.2) is 11.1 Å². The van der Waals surface area contributed by atoms with E-state index < -0.39 is 0 Å². The average Bonchev–Trinajstić information content (AvgIpc) is 1.68. The zero-order valence-corrected chi connectivity index (χ0v) is 4.87. The van der Waals surface area contributed by atoms with Gasteiger partial charge in [0.1, 0.15) is 0 Å². The Morgan fingerprint density at radius 2 is 2.57 bits per heavy atom. The van der Waals surface area contributed by atoms with Crippen LogP contribution in [0.4, 0.5) is 0 Å². The predicted molar refractivity (Wildman–Crippen MR) is 29.8 cm³/mol. The first-order valence-electron chi connectivity index (χ1n) is 1.94. The molecule has 0 aliphatic rings. The topological polar surface area (TPSA) is 23.8 Å². The lowest BCUT2D eigenvalue weighted by Gasteiger charge is -1.81. The molecule has 0 aliphatic heterocycles. The Bertz CT molecular complexity index is 110. The molecule has 7 heavy (non-hydrogen) atoms. The summed E-state index contributed by atoms with van der Waals surface area (Å²) in [4.78, 5) is 0. The van der Waals surface area contributed by atoms with E-state index in [1.54, 1.807) is 0 Å². The molecule has 0 radical (unpaired) electrons. The molecule has 2 heteroatoms. The van der Waals surface area contributed by atoms with E-state index in [-0.39, 0.29) is 0 Å². The van der Waals surface area contributed by atoms with Gasteiger partial charge in [-0.3, -0.25) is 0 Å². The number of nitrogens with zero attached hydrogens (tertiary/aromatic N) is 1. The average molecular weight is 116 g/mol. The van der Waals surface area contributed by atoms with Gasteiger partial charge in [-0.15, -0.1) is 0 Å². The minimum Gasteiger partial charge on any atom is -0.198 e. The van der Waals surface area contributed by atoms with Crippen LogP contribution in [-0.2, 0) is 0 Å². The molecule has 0 rings (SSSR count). The van der Waals surface area contributed by atoms with Gasteiger partial charge >= 0.3 is 0 Å². The van der Waals surface area contributed by atoms with Crippen molar-refractivity contribution < 1.29 is 0 Å². The number of nitriles is 1. The van der Waals surface area contributed by atoms with Crippen LogP contribution in [0, 0.1) is 11.3 Å². The third-order valence-corrected chi connectivity index (χ3v) is 0.917. The van der Waals surface area contributed by atoms with E-state index >= 15 is 0 Å². The monoisotopic (exact) mass is 115 g/mol. The molecule has 0 atom stereocenters. The fourth-order valence-electron chi connectivity index (χ4n) is 0.163. The summed E-state index contributed by atoms with van der Waals surface area (Å²) in [6.07, 6.45) is 0.434. The molecule has 0 aromatic heterocycles. The van der Waals surface area contributed by atoms with Gasteiger partial charge in [0.25, 0.3) is 0 Å². The van der Waals surface area contributed by atoms with E-state index in [1.165, 1.54) is 5.54 Å². The van der Waals surface area contributed by atoms with Gasteiger partial charge in [0.15, 0.2) is 0 Å². The minimum absolute atomic E-state index is 0.434. The lowest BCUT2D eigenvalue weighted by atomic mass is 10.3. The van der Waals surface area contributed by atoms with Gasteiger partial charge in [0.05, 0.1) is 12.5 Å².